The van der Waals surface area contributed by atoms with Crippen LogP contribution in [0.4, 0.5) is 9.52 Å². The summed E-state index contributed by atoms with van der Waals surface area (Å²) in [6.45, 7) is -1.30. The van der Waals surface area contributed by atoms with Crippen molar-refractivity contribution in [3.63, 3.8) is 0 Å². The number of nitrogens with zero attached hydrogens (tertiary/aromatic N) is 7. The summed E-state index contributed by atoms with van der Waals surface area (Å²) in [5.41, 5.74) is 5.35. The van der Waals surface area contributed by atoms with Gasteiger partial charge in [-0.15, -0.1) is 11.8 Å². The van der Waals surface area contributed by atoms with E-state index in [0.717, 1.165) is 21.5 Å². The largest absolute Gasteiger partial charge is 0.477 e. The number of oxime groups is 1. The first-order valence-electron chi connectivity index (χ1n) is 11.1. The second-order valence-electron chi connectivity index (χ2n) is 8.15. The summed E-state index contributed by atoms with van der Waals surface area (Å²) in [6.07, 6.45) is 9.33. The first-order valence-corrected chi connectivity index (χ1v) is 13.8. The zero-order valence-electron chi connectivity index (χ0n) is 20.0. The van der Waals surface area contributed by atoms with Crippen molar-refractivity contribution in [1.82, 2.24) is 29.5 Å². The minimum atomic E-state index is -1.30. The summed E-state index contributed by atoms with van der Waals surface area (Å²) in [5, 5.41) is 23.9. The van der Waals surface area contributed by atoms with Gasteiger partial charge in [0.05, 0.1) is 0 Å². The average molecular weight is 594 g/mol. The molecule has 18 heteroatoms. The molecular weight excluding hydrogens is 573 g/mol. The zero-order valence-corrected chi connectivity index (χ0v) is 22.5. The predicted octanol–water partition coefficient (Wildman–Crippen LogP) is 0.682. The van der Waals surface area contributed by atoms with Gasteiger partial charge in [0, 0.05) is 36.7 Å². The fraction of sp³-hybridized carbons (Fsp3) is 0.286. The van der Waals surface area contributed by atoms with Gasteiger partial charge in [-0.05, 0) is 29.2 Å². The Kier molecular flexibility index (Phi) is 7.58. The van der Waals surface area contributed by atoms with Crippen LogP contribution in [-0.4, -0.2) is 95.1 Å². The Labute approximate surface area is 232 Å². The molecule has 1 aromatic rings. The molecule has 4 N–H and O–H groups in total. The van der Waals surface area contributed by atoms with Crippen molar-refractivity contribution < 1.29 is 28.7 Å². The highest BCUT2D eigenvalue weighted by Gasteiger charge is 2.54. The van der Waals surface area contributed by atoms with Gasteiger partial charge in [-0.3, -0.25) is 14.5 Å². The smallest absolute Gasteiger partial charge is 0.352 e. The molecule has 1 fully saturated rings. The van der Waals surface area contributed by atoms with Crippen LogP contribution in [0.25, 0.3) is 0 Å². The van der Waals surface area contributed by atoms with Gasteiger partial charge in [-0.2, -0.15) is 14.5 Å². The van der Waals surface area contributed by atoms with E-state index in [1.54, 1.807) is 11.5 Å². The number of fused-ring (bicyclic) bond motifs is 2. The van der Waals surface area contributed by atoms with Crippen molar-refractivity contribution in [3.8, 4) is 0 Å². The van der Waals surface area contributed by atoms with E-state index in [1.165, 1.54) is 23.5 Å². The van der Waals surface area contributed by atoms with Gasteiger partial charge >= 0.3 is 5.97 Å². The van der Waals surface area contributed by atoms with Crippen LogP contribution in [0, 0.1) is 0 Å². The lowest BCUT2D eigenvalue weighted by Gasteiger charge is -2.49. The molecule has 0 aromatic carbocycles. The van der Waals surface area contributed by atoms with Crippen LogP contribution in [0.5, 0.6) is 0 Å². The van der Waals surface area contributed by atoms with E-state index in [1.807, 2.05) is 41.5 Å². The molecule has 1 aromatic heterocycles. The fourth-order valence-electron chi connectivity index (χ4n) is 4.00. The number of aromatic nitrogens is 2. The maximum absolute atomic E-state index is 13.0. The number of hydrazone groups is 1. The van der Waals surface area contributed by atoms with Crippen molar-refractivity contribution in [3.05, 3.63) is 53.1 Å². The van der Waals surface area contributed by atoms with Crippen molar-refractivity contribution >= 4 is 68.7 Å². The number of amides is 2. The van der Waals surface area contributed by atoms with Crippen LogP contribution in [0.15, 0.2) is 57.6 Å². The first-order chi connectivity index (χ1) is 18.8. The third kappa shape index (κ3) is 5.21. The summed E-state index contributed by atoms with van der Waals surface area (Å²) in [6, 6.07) is -1.05. The SMILES string of the molecule is CN1C=CN2N=C(SC=CC3=C(C(=O)O)N4C(=O)[C@@H](NC(=O)C(=NOCF)c5nsc(N)n5)[C@@H]4SC3)C=CC12. The lowest BCUT2D eigenvalue weighted by atomic mass is 10.0. The molecule has 0 aliphatic carbocycles. The number of anilines is 1. The number of alkyl halides is 1. The van der Waals surface area contributed by atoms with Gasteiger partial charge in [0.25, 0.3) is 18.7 Å². The number of nitrogen functional groups attached to an aromatic ring is 1. The molecule has 2 amide bonds. The molecule has 0 saturated carbocycles. The number of nitrogens with two attached hydrogens (primary N) is 1. The van der Waals surface area contributed by atoms with Crippen molar-refractivity contribution in [2.75, 3.05) is 25.4 Å². The lowest BCUT2D eigenvalue weighted by Crippen LogP contribution is -2.71. The maximum atomic E-state index is 13.0. The number of hydrogen-bond acceptors (Lipinski definition) is 14. The second-order valence-corrected chi connectivity index (χ2v) is 11.0. The topological polar surface area (TPSA) is 179 Å². The van der Waals surface area contributed by atoms with Gasteiger partial charge < -0.3 is 25.9 Å². The number of aliphatic carboxylic acids is 1. The van der Waals surface area contributed by atoms with Crippen molar-refractivity contribution in [2.45, 2.75) is 17.6 Å². The number of thioether (sulfide) groups is 2. The molecule has 204 valence electrons. The van der Waals surface area contributed by atoms with E-state index in [9.17, 15) is 23.9 Å². The number of carbonyl (C=O) groups excluding carboxylic acids is 2. The highest BCUT2D eigenvalue weighted by Crippen LogP contribution is 2.41. The molecule has 1 saturated heterocycles. The van der Waals surface area contributed by atoms with Crippen LogP contribution in [-0.2, 0) is 19.2 Å². The number of likely N-dealkylation sites (N-methyl/N-ethyl adjacent to an activating group) is 1. The molecule has 0 bridgehead atoms. The normalized spacial score (nSPS) is 24.1. The summed E-state index contributed by atoms with van der Waals surface area (Å²) in [5.74, 6) is -2.71. The number of nitrogens with one attached hydrogen (secondary N) is 1. The molecule has 39 heavy (non-hydrogen) atoms. The van der Waals surface area contributed by atoms with Crippen LogP contribution >= 0.6 is 35.1 Å². The molecule has 4 aliphatic rings. The molecule has 0 spiro atoms. The highest BCUT2D eigenvalue weighted by molar-refractivity contribution is 8.16. The molecule has 5 rings (SSSR count). The van der Waals surface area contributed by atoms with Crippen LogP contribution in [0.1, 0.15) is 5.82 Å². The number of halogens is 1. The number of carboxylic acid groups (broad SMARTS) is 1. The fourth-order valence-corrected chi connectivity index (χ4v) is 6.43. The Bertz CT molecular complexity index is 1390. The standard InChI is InChI=1S/C21H20FN9O5S3/c1-29-5-6-30-12(29)3-2-11(26-30)37-7-4-10-8-38-19-14(18(33)31(19)15(10)20(34)35)24-17(32)13(27-36-9-22)16-25-21(23)39-28-16/h2-7,12,14,19H,8-9H2,1H3,(H,24,32)(H,34,35)(H2,23,25,28)/t12?,14-,19+/m1/s1. The van der Waals surface area contributed by atoms with Gasteiger partial charge in [0.1, 0.15) is 28.3 Å². The van der Waals surface area contributed by atoms with Crippen molar-refractivity contribution in [2.24, 2.45) is 10.3 Å². The summed E-state index contributed by atoms with van der Waals surface area (Å²) < 4.78 is 16.4. The molecule has 3 atom stereocenters. The number of allylic oxidation sites excluding steroid dienone is 1. The molecule has 4 aliphatic heterocycles. The first kappa shape index (κ1) is 26.7. The Morgan fingerprint density at radius 2 is 2.26 bits per heavy atom. The molecule has 14 nitrogen and oxygen atoms in total. The van der Waals surface area contributed by atoms with Gasteiger partial charge in [-0.1, -0.05) is 16.9 Å². The summed E-state index contributed by atoms with van der Waals surface area (Å²) >= 11 is 3.39. The monoisotopic (exact) mass is 593 g/mol. The minimum absolute atomic E-state index is 0.0340. The zero-order chi connectivity index (χ0) is 27.7. The van der Waals surface area contributed by atoms with E-state index in [0.29, 0.717) is 5.57 Å². The third-order valence-corrected chi connectivity index (χ3v) is 8.36. The second kappa shape index (κ2) is 11.1. The van der Waals surface area contributed by atoms with E-state index in [2.05, 4.69) is 29.8 Å². The lowest BCUT2D eigenvalue weighted by molar-refractivity contribution is -0.150. The Hall–Kier alpha value is -3.90. The van der Waals surface area contributed by atoms with Crippen LogP contribution in [0.2, 0.25) is 0 Å². The van der Waals surface area contributed by atoms with Crippen molar-refractivity contribution in [1.29, 1.82) is 0 Å². The number of carboxylic acids is 1. The number of rotatable bonds is 8. The van der Waals surface area contributed by atoms with Gasteiger partial charge in [0.15, 0.2) is 5.13 Å². The van der Waals surface area contributed by atoms with Gasteiger partial charge in [0.2, 0.25) is 11.5 Å². The van der Waals surface area contributed by atoms with E-state index < -0.39 is 41.8 Å². The molecule has 5 heterocycles. The molecular formula is C21H20FN9O5S3. The van der Waals surface area contributed by atoms with E-state index in [-0.39, 0.29) is 28.6 Å². The molecule has 0 radical (unpaired) electrons. The van der Waals surface area contributed by atoms with Gasteiger partial charge in [-0.25, -0.2) is 14.2 Å². The average Bonchev–Trinajstić information content (AvgIpc) is 3.51. The summed E-state index contributed by atoms with van der Waals surface area (Å²) in [7, 11) is 1.95. The number of β-lactam (4-membered cyclic amide) rings is 1. The van der Waals surface area contributed by atoms with E-state index in [4.69, 9.17) is 5.73 Å². The number of hydrogen-bond donors (Lipinski definition) is 3. The number of carbonyl (C=O) groups is 3. The minimum Gasteiger partial charge on any atom is -0.477 e. The highest BCUT2D eigenvalue weighted by atomic mass is 32.2. The van der Waals surface area contributed by atoms with Crippen LogP contribution < -0.4 is 11.1 Å². The Morgan fingerprint density at radius 3 is 2.97 bits per heavy atom. The molecule has 1 unspecified atom stereocenters. The third-order valence-electron chi connectivity index (χ3n) is 5.79. The Morgan fingerprint density at radius 1 is 1.44 bits per heavy atom. The predicted molar refractivity (Wildman–Crippen MR) is 143 cm³/mol. The van der Waals surface area contributed by atoms with Crippen LogP contribution in [0.3, 0.4) is 0 Å². The maximum Gasteiger partial charge on any atom is 0.352 e. The quantitative estimate of drug-likeness (QED) is 0.218. The summed E-state index contributed by atoms with van der Waals surface area (Å²) in [4.78, 5) is 49.2. The van der Waals surface area contributed by atoms with E-state index >= 15 is 0 Å². The Balaban J connectivity index is 1.27.